The Bertz CT molecular complexity index is 521. The first kappa shape index (κ1) is 14.7. The number of hydrogen-bond acceptors (Lipinski definition) is 3. The number of carbonyl (C=O) groups is 1. The van der Waals surface area contributed by atoms with Crippen LogP contribution in [0.25, 0.3) is 0 Å². The lowest BCUT2D eigenvalue weighted by atomic mass is 10.0. The maximum Gasteiger partial charge on any atom is 0.226 e. The zero-order valence-electron chi connectivity index (χ0n) is 13.3. The van der Waals surface area contributed by atoms with E-state index in [1.54, 1.807) is 0 Å². The highest BCUT2D eigenvalue weighted by molar-refractivity contribution is 7.09. The van der Waals surface area contributed by atoms with Gasteiger partial charge in [-0.3, -0.25) is 9.69 Å². The van der Waals surface area contributed by atoms with Crippen molar-refractivity contribution in [2.45, 2.75) is 45.1 Å². The van der Waals surface area contributed by atoms with E-state index in [1.165, 1.54) is 37.0 Å². The van der Waals surface area contributed by atoms with Gasteiger partial charge < -0.3 is 4.90 Å². The fourth-order valence-electron chi connectivity index (χ4n) is 4.52. The molecule has 120 valence electrons. The van der Waals surface area contributed by atoms with Gasteiger partial charge in [-0.1, -0.05) is 18.9 Å². The van der Waals surface area contributed by atoms with E-state index in [1.807, 2.05) is 11.3 Å². The average molecular weight is 318 g/mol. The van der Waals surface area contributed by atoms with Crippen LogP contribution in [-0.2, 0) is 11.3 Å². The van der Waals surface area contributed by atoms with E-state index < -0.39 is 0 Å². The van der Waals surface area contributed by atoms with Crippen LogP contribution in [-0.4, -0.2) is 41.9 Å². The molecule has 0 unspecified atom stereocenters. The second kappa shape index (κ2) is 5.97. The summed E-state index contributed by atoms with van der Waals surface area (Å²) in [7, 11) is 0. The Morgan fingerprint density at radius 1 is 1.18 bits per heavy atom. The largest absolute Gasteiger partial charge is 0.341 e. The van der Waals surface area contributed by atoms with E-state index in [0.29, 0.717) is 17.2 Å². The molecule has 0 radical (unpaired) electrons. The van der Waals surface area contributed by atoms with Crippen LogP contribution in [0, 0.1) is 11.3 Å². The third kappa shape index (κ3) is 2.83. The maximum absolute atomic E-state index is 12.8. The van der Waals surface area contributed by atoms with Crippen molar-refractivity contribution in [2.24, 2.45) is 11.3 Å². The van der Waals surface area contributed by atoms with E-state index in [9.17, 15) is 4.79 Å². The maximum atomic E-state index is 12.8. The zero-order chi connectivity index (χ0) is 15.0. The van der Waals surface area contributed by atoms with Crippen molar-refractivity contribution in [3.63, 3.8) is 0 Å². The average Bonchev–Trinajstić information content (AvgIpc) is 2.81. The van der Waals surface area contributed by atoms with Gasteiger partial charge in [0.25, 0.3) is 0 Å². The topological polar surface area (TPSA) is 23.6 Å². The first-order chi connectivity index (χ1) is 10.8. The highest BCUT2D eigenvalue weighted by atomic mass is 32.1. The molecule has 1 atom stereocenters. The van der Waals surface area contributed by atoms with Crippen molar-refractivity contribution in [1.29, 1.82) is 0 Å². The Morgan fingerprint density at radius 3 is 2.82 bits per heavy atom. The van der Waals surface area contributed by atoms with Gasteiger partial charge in [0.1, 0.15) is 0 Å². The van der Waals surface area contributed by atoms with Gasteiger partial charge in [-0.05, 0) is 42.5 Å². The molecule has 1 spiro atoms. The predicted molar refractivity (Wildman–Crippen MR) is 89.8 cm³/mol. The molecule has 1 aromatic heterocycles. The highest BCUT2D eigenvalue weighted by Gasteiger charge is 2.59. The summed E-state index contributed by atoms with van der Waals surface area (Å²) in [6.07, 6.45) is 7.61. The van der Waals surface area contributed by atoms with Gasteiger partial charge in [0.2, 0.25) is 5.91 Å². The lowest BCUT2D eigenvalue weighted by Crippen LogP contribution is -2.36. The van der Waals surface area contributed by atoms with E-state index in [4.69, 9.17) is 0 Å². The van der Waals surface area contributed by atoms with Crippen LogP contribution in [0.3, 0.4) is 0 Å². The number of carbonyl (C=O) groups excluding carboxylic acids is 1. The summed E-state index contributed by atoms with van der Waals surface area (Å²) in [5.41, 5.74) is 0.444. The summed E-state index contributed by atoms with van der Waals surface area (Å²) in [5, 5.41) is 2.15. The van der Waals surface area contributed by atoms with Crippen LogP contribution in [0.5, 0.6) is 0 Å². The fraction of sp³-hybridized carbons (Fsp3) is 0.722. The first-order valence-corrected chi connectivity index (χ1v) is 9.68. The van der Waals surface area contributed by atoms with Gasteiger partial charge in [-0.2, -0.15) is 0 Å². The van der Waals surface area contributed by atoms with Gasteiger partial charge in [-0.25, -0.2) is 0 Å². The second-order valence-electron chi connectivity index (χ2n) is 7.36. The lowest BCUT2D eigenvalue weighted by Gasteiger charge is -2.23. The minimum Gasteiger partial charge on any atom is -0.341 e. The molecule has 2 heterocycles. The van der Waals surface area contributed by atoms with Crippen molar-refractivity contribution in [2.75, 3.05) is 26.2 Å². The molecule has 3 nitrogen and oxygen atoms in total. The third-order valence-electron chi connectivity index (χ3n) is 5.95. The molecule has 3 aliphatic rings. The molecule has 1 aromatic rings. The summed E-state index contributed by atoms with van der Waals surface area (Å²) in [4.78, 5) is 18.9. The van der Waals surface area contributed by atoms with E-state index >= 15 is 0 Å². The molecule has 0 bridgehead atoms. The Labute approximate surface area is 137 Å². The first-order valence-electron chi connectivity index (χ1n) is 8.80. The summed E-state index contributed by atoms with van der Waals surface area (Å²) in [6, 6.07) is 4.34. The van der Waals surface area contributed by atoms with Gasteiger partial charge in [0, 0.05) is 43.5 Å². The second-order valence-corrected chi connectivity index (χ2v) is 8.39. The standard InChI is InChI=1S/C18H26N2OS/c21-17(16-13-18(16)6-1-2-7-18)20-9-4-8-19(10-11-20)14-15-5-3-12-22-15/h3,5,12,16H,1-2,4,6-11,13-14H2/t16-/m1/s1. The molecule has 1 amide bonds. The minimum atomic E-state index is 0.374. The van der Waals surface area contributed by atoms with Crippen LogP contribution in [0.4, 0.5) is 0 Å². The molecule has 2 aliphatic carbocycles. The highest BCUT2D eigenvalue weighted by Crippen LogP contribution is 2.63. The van der Waals surface area contributed by atoms with Crippen LogP contribution >= 0.6 is 11.3 Å². The van der Waals surface area contributed by atoms with Crippen molar-refractivity contribution in [3.8, 4) is 0 Å². The van der Waals surface area contributed by atoms with E-state index in [-0.39, 0.29) is 0 Å². The molecule has 0 aromatic carbocycles. The minimum absolute atomic E-state index is 0.374. The van der Waals surface area contributed by atoms with Gasteiger partial charge >= 0.3 is 0 Å². The van der Waals surface area contributed by atoms with Crippen molar-refractivity contribution < 1.29 is 4.79 Å². The van der Waals surface area contributed by atoms with Crippen molar-refractivity contribution in [1.82, 2.24) is 9.80 Å². The molecule has 22 heavy (non-hydrogen) atoms. The molecule has 4 rings (SSSR count). The molecular weight excluding hydrogens is 292 g/mol. The molecule has 1 saturated heterocycles. The number of amides is 1. The Morgan fingerprint density at radius 2 is 2.05 bits per heavy atom. The third-order valence-corrected chi connectivity index (χ3v) is 6.81. The van der Waals surface area contributed by atoms with Gasteiger partial charge in [0.15, 0.2) is 0 Å². The number of nitrogens with zero attached hydrogens (tertiary/aromatic N) is 2. The van der Waals surface area contributed by atoms with Gasteiger partial charge in [-0.15, -0.1) is 11.3 Å². The summed E-state index contributed by atoms with van der Waals surface area (Å²) in [6.45, 7) is 5.09. The summed E-state index contributed by atoms with van der Waals surface area (Å²) < 4.78 is 0. The fourth-order valence-corrected chi connectivity index (χ4v) is 5.27. The molecular formula is C18H26N2OS. The normalized spacial score (nSPS) is 28.0. The van der Waals surface area contributed by atoms with Crippen molar-refractivity contribution >= 4 is 17.2 Å². The van der Waals surface area contributed by atoms with Crippen molar-refractivity contribution in [3.05, 3.63) is 22.4 Å². The van der Waals surface area contributed by atoms with Crippen LogP contribution in [0.1, 0.15) is 43.4 Å². The zero-order valence-corrected chi connectivity index (χ0v) is 14.1. The Hall–Kier alpha value is -0.870. The number of rotatable bonds is 3. The molecule has 4 heteroatoms. The SMILES string of the molecule is O=C([C@H]1CC12CCCC2)N1CCCN(Cc2cccs2)CC1. The molecule has 0 N–H and O–H groups in total. The van der Waals surface area contributed by atoms with Gasteiger partial charge in [0.05, 0.1) is 0 Å². The lowest BCUT2D eigenvalue weighted by molar-refractivity contribution is -0.133. The van der Waals surface area contributed by atoms with E-state index in [2.05, 4.69) is 27.3 Å². The smallest absolute Gasteiger partial charge is 0.226 e. The molecule has 2 saturated carbocycles. The molecule has 1 aliphatic heterocycles. The van der Waals surface area contributed by atoms with E-state index in [0.717, 1.165) is 39.1 Å². The summed E-state index contributed by atoms with van der Waals surface area (Å²) in [5.74, 6) is 0.846. The molecule has 3 fully saturated rings. The van der Waals surface area contributed by atoms with Crippen LogP contribution in [0.2, 0.25) is 0 Å². The Kier molecular flexibility index (Phi) is 3.99. The summed E-state index contributed by atoms with van der Waals surface area (Å²) >= 11 is 1.84. The quantitative estimate of drug-likeness (QED) is 0.853. The van der Waals surface area contributed by atoms with Crippen LogP contribution < -0.4 is 0 Å². The number of thiophene rings is 1. The predicted octanol–water partition coefficient (Wildman–Crippen LogP) is 3.36. The monoisotopic (exact) mass is 318 g/mol. The number of hydrogen-bond donors (Lipinski definition) is 0. The Balaban J connectivity index is 1.32. The van der Waals surface area contributed by atoms with Crippen LogP contribution in [0.15, 0.2) is 17.5 Å².